The Morgan fingerprint density at radius 2 is 2.12 bits per heavy atom. The van der Waals surface area contributed by atoms with Crippen LogP contribution in [0.4, 0.5) is 11.8 Å². The molecule has 1 aliphatic rings. The number of rotatable bonds is 3. The van der Waals surface area contributed by atoms with Crippen LogP contribution in [-0.2, 0) is 4.79 Å². The van der Waals surface area contributed by atoms with E-state index in [9.17, 15) is 4.79 Å². The van der Waals surface area contributed by atoms with Crippen molar-refractivity contribution in [2.45, 2.75) is 19.9 Å². The van der Waals surface area contributed by atoms with Crippen LogP contribution in [0.2, 0.25) is 0 Å². The number of ether oxygens (including phenoxy) is 1. The molecule has 0 unspecified atom stereocenters. The van der Waals surface area contributed by atoms with Gasteiger partial charge in [-0.1, -0.05) is 0 Å². The summed E-state index contributed by atoms with van der Waals surface area (Å²) in [5.41, 5.74) is 1.29. The van der Waals surface area contributed by atoms with E-state index in [2.05, 4.69) is 36.7 Å². The van der Waals surface area contributed by atoms with E-state index in [1.807, 2.05) is 12.1 Å². The average molecular weight is 354 g/mol. The molecular formula is C17H18N6O3. The highest BCUT2D eigenvalue weighted by molar-refractivity contribution is 5.70. The SMILES string of the molecule is CC(=O)Oc1nccc(N2CCN(c3nc4ncccc4o3)[C@@H](C)C2)n1. The summed E-state index contributed by atoms with van der Waals surface area (Å²) in [4.78, 5) is 32.3. The van der Waals surface area contributed by atoms with Crippen molar-refractivity contribution in [3.63, 3.8) is 0 Å². The predicted molar refractivity (Wildman–Crippen MR) is 94.2 cm³/mol. The standard InChI is InChI=1S/C17H18N6O3/c1-11-10-22(14-5-7-19-16(20-14)25-12(2)24)8-9-23(11)17-21-15-13(26-17)4-3-6-18-15/h3-7,11H,8-10H2,1-2H3/t11-/m0/s1. The maximum atomic E-state index is 11.1. The smallest absolute Gasteiger partial charge is 0.326 e. The maximum absolute atomic E-state index is 11.1. The first-order valence-electron chi connectivity index (χ1n) is 8.35. The molecule has 1 aliphatic heterocycles. The van der Waals surface area contributed by atoms with Crippen molar-refractivity contribution in [2.24, 2.45) is 0 Å². The summed E-state index contributed by atoms with van der Waals surface area (Å²) in [5, 5.41) is 0. The fourth-order valence-electron chi connectivity index (χ4n) is 3.02. The minimum absolute atomic E-state index is 0.0649. The van der Waals surface area contributed by atoms with Crippen LogP contribution in [0.1, 0.15) is 13.8 Å². The summed E-state index contributed by atoms with van der Waals surface area (Å²) in [6.07, 6.45) is 3.29. The van der Waals surface area contributed by atoms with Crippen LogP contribution in [0.25, 0.3) is 11.2 Å². The number of carbonyl (C=O) groups excluding carboxylic acids is 1. The summed E-state index contributed by atoms with van der Waals surface area (Å²) in [6.45, 7) is 5.60. The van der Waals surface area contributed by atoms with Crippen LogP contribution in [0.15, 0.2) is 35.0 Å². The Kier molecular flexibility index (Phi) is 4.11. The normalized spacial score (nSPS) is 17.5. The molecule has 0 aliphatic carbocycles. The molecule has 4 heterocycles. The van der Waals surface area contributed by atoms with Crippen LogP contribution < -0.4 is 14.5 Å². The van der Waals surface area contributed by atoms with E-state index in [1.165, 1.54) is 6.92 Å². The van der Waals surface area contributed by atoms with Crippen LogP contribution in [0, 0.1) is 0 Å². The number of fused-ring (bicyclic) bond motifs is 1. The van der Waals surface area contributed by atoms with Crippen LogP contribution >= 0.6 is 0 Å². The van der Waals surface area contributed by atoms with E-state index in [0.717, 1.165) is 25.5 Å². The molecule has 9 heteroatoms. The molecule has 26 heavy (non-hydrogen) atoms. The Balaban J connectivity index is 1.50. The molecule has 0 spiro atoms. The van der Waals surface area contributed by atoms with Gasteiger partial charge in [0.1, 0.15) is 5.82 Å². The van der Waals surface area contributed by atoms with Gasteiger partial charge in [0.25, 0.3) is 6.01 Å². The lowest BCUT2D eigenvalue weighted by Crippen LogP contribution is -2.52. The second kappa shape index (κ2) is 6.58. The third kappa shape index (κ3) is 3.15. The molecule has 9 nitrogen and oxygen atoms in total. The van der Waals surface area contributed by atoms with Gasteiger partial charge in [-0.25, -0.2) is 9.97 Å². The first kappa shape index (κ1) is 16.2. The maximum Gasteiger partial charge on any atom is 0.326 e. The summed E-state index contributed by atoms with van der Waals surface area (Å²) >= 11 is 0. The van der Waals surface area contributed by atoms with Crippen LogP contribution in [0.3, 0.4) is 0 Å². The lowest BCUT2D eigenvalue weighted by Gasteiger charge is -2.39. The second-order valence-corrected chi connectivity index (χ2v) is 6.10. The number of carbonyl (C=O) groups is 1. The molecule has 4 rings (SSSR count). The van der Waals surface area contributed by atoms with Crippen molar-refractivity contribution in [1.82, 2.24) is 19.9 Å². The first-order chi connectivity index (χ1) is 12.6. The lowest BCUT2D eigenvalue weighted by atomic mass is 10.2. The number of hydrogen-bond acceptors (Lipinski definition) is 9. The Morgan fingerprint density at radius 3 is 2.88 bits per heavy atom. The van der Waals surface area contributed by atoms with E-state index in [-0.39, 0.29) is 12.1 Å². The van der Waals surface area contributed by atoms with Crippen molar-refractivity contribution >= 4 is 29.0 Å². The highest BCUT2D eigenvalue weighted by Gasteiger charge is 2.28. The minimum atomic E-state index is -0.440. The van der Waals surface area contributed by atoms with Gasteiger partial charge >= 0.3 is 12.0 Å². The Bertz CT molecular complexity index is 910. The molecule has 1 saturated heterocycles. The number of oxazole rings is 1. The van der Waals surface area contributed by atoms with Gasteiger partial charge in [-0.15, -0.1) is 0 Å². The number of pyridine rings is 1. The number of nitrogens with zero attached hydrogens (tertiary/aromatic N) is 6. The van der Waals surface area contributed by atoms with Crippen molar-refractivity contribution < 1.29 is 13.9 Å². The van der Waals surface area contributed by atoms with Crippen LogP contribution in [0.5, 0.6) is 6.01 Å². The molecular weight excluding hydrogens is 336 g/mol. The second-order valence-electron chi connectivity index (χ2n) is 6.10. The quantitative estimate of drug-likeness (QED) is 0.650. The molecule has 0 saturated carbocycles. The highest BCUT2D eigenvalue weighted by atomic mass is 16.5. The zero-order valence-electron chi connectivity index (χ0n) is 14.5. The molecule has 3 aromatic heterocycles. The molecule has 0 radical (unpaired) electrons. The van der Waals surface area contributed by atoms with Gasteiger partial charge in [0, 0.05) is 45.0 Å². The summed E-state index contributed by atoms with van der Waals surface area (Å²) in [6, 6.07) is 6.29. The summed E-state index contributed by atoms with van der Waals surface area (Å²) in [7, 11) is 0. The van der Waals surface area contributed by atoms with Gasteiger partial charge in [-0.2, -0.15) is 9.97 Å². The largest absolute Gasteiger partial charge is 0.422 e. The zero-order chi connectivity index (χ0) is 18.1. The fraction of sp³-hybridized carbons (Fsp3) is 0.353. The van der Waals surface area contributed by atoms with E-state index >= 15 is 0 Å². The van der Waals surface area contributed by atoms with Crippen molar-refractivity contribution in [1.29, 1.82) is 0 Å². The molecule has 1 atom stereocenters. The van der Waals surface area contributed by atoms with Crippen LogP contribution in [-0.4, -0.2) is 51.6 Å². The highest BCUT2D eigenvalue weighted by Crippen LogP contribution is 2.25. The van der Waals surface area contributed by atoms with E-state index < -0.39 is 5.97 Å². The average Bonchev–Trinajstić information content (AvgIpc) is 3.05. The van der Waals surface area contributed by atoms with Gasteiger partial charge in [-0.05, 0) is 25.1 Å². The van der Waals surface area contributed by atoms with E-state index in [0.29, 0.717) is 17.2 Å². The molecule has 0 bridgehead atoms. The lowest BCUT2D eigenvalue weighted by molar-refractivity contribution is -0.132. The predicted octanol–water partition coefficient (Wildman–Crippen LogP) is 1.65. The third-order valence-electron chi connectivity index (χ3n) is 4.20. The molecule has 0 amide bonds. The van der Waals surface area contributed by atoms with Crippen molar-refractivity contribution in [2.75, 3.05) is 29.4 Å². The number of piperazine rings is 1. The molecule has 3 aromatic rings. The molecule has 1 fully saturated rings. The number of esters is 1. The number of anilines is 2. The molecule has 0 N–H and O–H groups in total. The van der Waals surface area contributed by atoms with Gasteiger partial charge < -0.3 is 19.0 Å². The Hall–Kier alpha value is -3.23. The molecule has 0 aromatic carbocycles. The fourth-order valence-corrected chi connectivity index (χ4v) is 3.02. The monoisotopic (exact) mass is 354 g/mol. The minimum Gasteiger partial charge on any atom is -0.422 e. The van der Waals surface area contributed by atoms with Gasteiger partial charge in [0.2, 0.25) is 5.65 Å². The molecule has 134 valence electrons. The Morgan fingerprint density at radius 1 is 1.23 bits per heavy atom. The zero-order valence-corrected chi connectivity index (χ0v) is 14.5. The van der Waals surface area contributed by atoms with E-state index in [1.54, 1.807) is 18.5 Å². The summed E-state index contributed by atoms with van der Waals surface area (Å²) < 4.78 is 10.8. The number of aromatic nitrogens is 4. The van der Waals surface area contributed by atoms with Gasteiger partial charge in [0.15, 0.2) is 5.58 Å². The Labute approximate surface area is 149 Å². The van der Waals surface area contributed by atoms with Gasteiger partial charge in [0.05, 0.1) is 0 Å². The third-order valence-corrected chi connectivity index (χ3v) is 4.20. The van der Waals surface area contributed by atoms with Crippen molar-refractivity contribution in [3.8, 4) is 6.01 Å². The summed E-state index contributed by atoms with van der Waals surface area (Å²) in [5.74, 6) is 0.284. The first-order valence-corrected chi connectivity index (χ1v) is 8.35. The van der Waals surface area contributed by atoms with Gasteiger partial charge in [-0.3, -0.25) is 4.79 Å². The number of hydrogen-bond donors (Lipinski definition) is 0. The van der Waals surface area contributed by atoms with E-state index in [4.69, 9.17) is 9.15 Å². The van der Waals surface area contributed by atoms with Crippen molar-refractivity contribution in [3.05, 3.63) is 30.6 Å². The topological polar surface area (TPSA) is 97.5 Å².